The zero-order chi connectivity index (χ0) is 12.9. The maximum Gasteiger partial charge on any atom is 0.214 e. The molecule has 0 unspecified atom stereocenters. The molecule has 0 spiro atoms. The predicted molar refractivity (Wildman–Crippen MR) is 71.0 cm³/mol. The zero-order valence-corrected chi connectivity index (χ0v) is 11.2. The average molecular weight is 256 g/mol. The van der Waals surface area contributed by atoms with Crippen LogP contribution in [0.5, 0.6) is 0 Å². The molecule has 0 radical (unpaired) electrons. The third kappa shape index (κ3) is 4.02. The lowest BCUT2D eigenvalue weighted by Gasteiger charge is -2.17. The van der Waals surface area contributed by atoms with E-state index in [4.69, 9.17) is 5.73 Å². The first-order chi connectivity index (χ1) is 7.97. The van der Waals surface area contributed by atoms with Crippen LogP contribution in [-0.4, -0.2) is 25.5 Å². The average Bonchev–Trinajstić information content (AvgIpc) is 2.29. The molecule has 1 rings (SSSR count). The summed E-state index contributed by atoms with van der Waals surface area (Å²) in [7, 11) is -1.56. The molecule has 0 saturated carbocycles. The standard InChI is InChI=1S/C12H20N2O2S/c1-3-4-9-17(15,16)14(2)10-11-7-5-6-8-12(11)13/h5-8H,3-4,9-10,13H2,1-2H3. The molecule has 0 fully saturated rings. The van der Waals surface area contributed by atoms with Crippen LogP contribution in [0, 0.1) is 0 Å². The molecule has 0 aliphatic rings. The Labute approximate surface area is 103 Å². The number of rotatable bonds is 6. The fourth-order valence-corrected chi connectivity index (χ4v) is 2.80. The van der Waals surface area contributed by atoms with Gasteiger partial charge in [0, 0.05) is 19.3 Å². The SMILES string of the molecule is CCCCS(=O)(=O)N(C)Cc1ccccc1N. The Morgan fingerprint density at radius 2 is 1.94 bits per heavy atom. The van der Waals surface area contributed by atoms with Crippen LogP contribution < -0.4 is 5.73 Å². The molecule has 5 heteroatoms. The van der Waals surface area contributed by atoms with Crippen molar-refractivity contribution in [2.45, 2.75) is 26.3 Å². The van der Waals surface area contributed by atoms with Gasteiger partial charge >= 0.3 is 0 Å². The third-order valence-corrected chi connectivity index (χ3v) is 4.56. The highest BCUT2D eigenvalue weighted by molar-refractivity contribution is 7.89. The van der Waals surface area contributed by atoms with Crippen molar-refractivity contribution in [3.63, 3.8) is 0 Å². The number of hydrogen-bond acceptors (Lipinski definition) is 3. The number of benzene rings is 1. The van der Waals surface area contributed by atoms with Gasteiger partial charge in [-0.3, -0.25) is 0 Å². The Kier molecular flexibility index (Phi) is 4.96. The molecular weight excluding hydrogens is 236 g/mol. The molecule has 1 aromatic carbocycles. The van der Waals surface area contributed by atoms with E-state index >= 15 is 0 Å². The van der Waals surface area contributed by atoms with Crippen molar-refractivity contribution in [2.75, 3.05) is 18.5 Å². The highest BCUT2D eigenvalue weighted by Crippen LogP contribution is 2.15. The van der Waals surface area contributed by atoms with E-state index in [-0.39, 0.29) is 5.75 Å². The van der Waals surface area contributed by atoms with Crippen molar-refractivity contribution >= 4 is 15.7 Å². The summed E-state index contributed by atoms with van der Waals surface area (Å²) >= 11 is 0. The number of nitrogens with zero attached hydrogens (tertiary/aromatic N) is 1. The first-order valence-corrected chi connectivity index (χ1v) is 7.35. The summed E-state index contributed by atoms with van der Waals surface area (Å²) < 4.78 is 25.1. The number of para-hydroxylation sites is 1. The lowest BCUT2D eigenvalue weighted by Crippen LogP contribution is -2.29. The minimum absolute atomic E-state index is 0.201. The largest absolute Gasteiger partial charge is 0.398 e. The Balaban J connectivity index is 2.72. The first-order valence-electron chi connectivity index (χ1n) is 5.74. The number of hydrogen-bond donors (Lipinski definition) is 1. The molecule has 0 atom stereocenters. The Hall–Kier alpha value is -1.07. The summed E-state index contributed by atoms with van der Waals surface area (Å²) in [6, 6.07) is 7.33. The molecule has 0 amide bonds. The summed E-state index contributed by atoms with van der Waals surface area (Å²) in [5.74, 6) is 0.201. The topological polar surface area (TPSA) is 63.4 Å². The normalized spacial score (nSPS) is 11.9. The predicted octanol–water partition coefficient (Wildman–Crippen LogP) is 1.83. The van der Waals surface area contributed by atoms with Gasteiger partial charge in [-0.1, -0.05) is 31.5 Å². The van der Waals surface area contributed by atoms with Gasteiger partial charge < -0.3 is 5.73 Å². The van der Waals surface area contributed by atoms with Crippen molar-refractivity contribution < 1.29 is 8.42 Å². The number of nitrogen functional groups attached to an aromatic ring is 1. The molecule has 0 saturated heterocycles. The highest BCUT2D eigenvalue weighted by Gasteiger charge is 2.17. The minimum Gasteiger partial charge on any atom is -0.398 e. The van der Waals surface area contributed by atoms with Crippen LogP contribution in [0.3, 0.4) is 0 Å². The lowest BCUT2D eigenvalue weighted by atomic mass is 10.2. The third-order valence-electron chi connectivity index (χ3n) is 2.68. The molecule has 1 aromatic rings. The van der Waals surface area contributed by atoms with Gasteiger partial charge in [-0.05, 0) is 18.1 Å². The van der Waals surface area contributed by atoms with Crippen molar-refractivity contribution in [3.8, 4) is 0 Å². The number of unbranched alkanes of at least 4 members (excludes halogenated alkanes) is 1. The second kappa shape index (κ2) is 6.02. The highest BCUT2D eigenvalue weighted by atomic mass is 32.2. The van der Waals surface area contributed by atoms with E-state index in [0.717, 1.165) is 12.0 Å². The summed E-state index contributed by atoms with van der Waals surface area (Å²) in [6.45, 7) is 2.31. The molecule has 0 aliphatic heterocycles. The van der Waals surface area contributed by atoms with Gasteiger partial charge in [0.05, 0.1) is 5.75 Å². The van der Waals surface area contributed by atoms with Gasteiger partial charge in [0.1, 0.15) is 0 Å². The quantitative estimate of drug-likeness (QED) is 0.790. The number of sulfonamides is 1. The molecular formula is C12H20N2O2S. The Morgan fingerprint density at radius 1 is 1.29 bits per heavy atom. The van der Waals surface area contributed by atoms with Crippen molar-refractivity contribution in [2.24, 2.45) is 0 Å². The van der Waals surface area contributed by atoms with Gasteiger partial charge in [0.15, 0.2) is 0 Å². The summed E-state index contributed by atoms with van der Waals surface area (Å²) in [5, 5.41) is 0. The van der Waals surface area contributed by atoms with Gasteiger partial charge in [-0.25, -0.2) is 12.7 Å². The number of anilines is 1. The molecule has 4 nitrogen and oxygen atoms in total. The maximum absolute atomic E-state index is 11.9. The van der Waals surface area contributed by atoms with Crippen molar-refractivity contribution in [1.82, 2.24) is 4.31 Å². The van der Waals surface area contributed by atoms with E-state index in [9.17, 15) is 8.42 Å². The summed E-state index contributed by atoms with van der Waals surface area (Å²) in [5.41, 5.74) is 7.26. The summed E-state index contributed by atoms with van der Waals surface area (Å²) in [4.78, 5) is 0. The van der Waals surface area contributed by atoms with Crippen LogP contribution in [0.15, 0.2) is 24.3 Å². The van der Waals surface area contributed by atoms with Crippen LogP contribution in [0.4, 0.5) is 5.69 Å². The van der Waals surface area contributed by atoms with Crippen LogP contribution >= 0.6 is 0 Å². The molecule has 0 aliphatic carbocycles. The number of nitrogens with two attached hydrogens (primary N) is 1. The van der Waals surface area contributed by atoms with Crippen molar-refractivity contribution in [1.29, 1.82) is 0 Å². The molecule has 0 bridgehead atoms. The Bertz CT molecular complexity index is 457. The minimum atomic E-state index is -3.16. The van der Waals surface area contributed by atoms with E-state index in [1.807, 2.05) is 25.1 Å². The molecule has 96 valence electrons. The maximum atomic E-state index is 11.9. The Morgan fingerprint density at radius 3 is 2.53 bits per heavy atom. The van der Waals surface area contributed by atoms with E-state index in [1.54, 1.807) is 13.1 Å². The van der Waals surface area contributed by atoms with Crippen LogP contribution in [-0.2, 0) is 16.6 Å². The van der Waals surface area contributed by atoms with Gasteiger partial charge in [0.25, 0.3) is 0 Å². The van der Waals surface area contributed by atoms with E-state index in [0.29, 0.717) is 18.7 Å². The molecule has 0 aromatic heterocycles. The molecule has 2 N–H and O–H groups in total. The van der Waals surface area contributed by atoms with Crippen LogP contribution in [0.25, 0.3) is 0 Å². The van der Waals surface area contributed by atoms with Gasteiger partial charge in [-0.15, -0.1) is 0 Å². The van der Waals surface area contributed by atoms with Gasteiger partial charge in [0.2, 0.25) is 10.0 Å². The van der Waals surface area contributed by atoms with Crippen molar-refractivity contribution in [3.05, 3.63) is 29.8 Å². The monoisotopic (exact) mass is 256 g/mol. The van der Waals surface area contributed by atoms with E-state index in [2.05, 4.69) is 0 Å². The fourth-order valence-electron chi connectivity index (χ4n) is 1.50. The second-order valence-corrected chi connectivity index (χ2v) is 6.32. The second-order valence-electron chi connectivity index (χ2n) is 4.12. The smallest absolute Gasteiger partial charge is 0.214 e. The fraction of sp³-hybridized carbons (Fsp3) is 0.500. The summed E-state index contributed by atoms with van der Waals surface area (Å²) in [6.07, 6.45) is 1.57. The molecule has 17 heavy (non-hydrogen) atoms. The first kappa shape index (κ1) is 14.0. The lowest BCUT2D eigenvalue weighted by molar-refractivity contribution is 0.465. The van der Waals surface area contributed by atoms with Crippen LogP contribution in [0.2, 0.25) is 0 Å². The van der Waals surface area contributed by atoms with E-state index in [1.165, 1.54) is 4.31 Å². The van der Waals surface area contributed by atoms with Gasteiger partial charge in [-0.2, -0.15) is 0 Å². The zero-order valence-electron chi connectivity index (χ0n) is 10.4. The molecule has 0 heterocycles. The van der Waals surface area contributed by atoms with E-state index < -0.39 is 10.0 Å². The van der Waals surface area contributed by atoms with Crippen LogP contribution in [0.1, 0.15) is 25.3 Å².